The molecule has 1 rings (SSSR count). The molecule has 0 saturated carbocycles. The second-order valence-corrected chi connectivity index (χ2v) is 4.07. The van der Waals surface area contributed by atoms with Crippen LogP contribution in [0.3, 0.4) is 0 Å². The van der Waals surface area contributed by atoms with E-state index in [1.54, 1.807) is 6.92 Å². The number of rotatable bonds is 4. The van der Waals surface area contributed by atoms with Gasteiger partial charge in [-0.15, -0.1) is 0 Å². The second kappa shape index (κ2) is 6.14. The van der Waals surface area contributed by atoms with Crippen LogP contribution in [0, 0.1) is 5.82 Å². The van der Waals surface area contributed by atoms with Gasteiger partial charge in [-0.3, -0.25) is 0 Å². The topological polar surface area (TPSA) is 89.9 Å². The highest BCUT2D eigenvalue weighted by Crippen LogP contribution is 2.17. The molecule has 1 aromatic rings. The summed E-state index contributed by atoms with van der Waals surface area (Å²) in [5, 5.41) is 20.2. The summed E-state index contributed by atoms with van der Waals surface area (Å²) in [7, 11) is 1.46. The Morgan fingerprint density at radius 2 is 2.11 bits per heavy atom. The normalized spacial score (nSPS) is 11.8. The quantitative estimate of drug-likeness (QED) is 0.770. The van der Waals surface area contributed by atoms with Gasteiger partial charge in [-0.1, -0.05) is 0 Å². The third-order valence-corrected chi connectivity index (χ3v) is 2.70. The van der Waals surface area contributed by atoms with Crippen LogP contribution in [0.15, 0.2) is 18.2 Å². The van der Waals surface area contributed by atoms with Crippen LogP contribution in [-0.4, -0.2) is 46.8 Å². The molecule has 0 radical (unpaired) electrons. The molecule has 0 aliphatic rings. The summed E-state index contributed by atoms with van der Waals surface area (Å²) < 4.78 is 13.0. The molecule has 1 atom stereocenters. The average molecular weight is 270 g/mol. The number of anilines is 1. The number of hydrogen-bond acceptors (Lipinski definition) is 3. The maximum atomic E-state index is 13.0. The van der Waals surface area contributed by atoms with Crippen molar-refractivity contribution in [3.63, 3.8) is 0 Å². The number of aliphatic hydroxyl groups is 1. The molecular weight excluding hydrogens is 255 g/mol. The second-order valence-electron chi connectivity index (χ2n) is 4.07. The van der Waals surface area contributed by atoms with Crippen molar-refractivity contribution >= 4 is 17.7 Å². The number of aromatic carboxylic acids is 1. The smallest absolute Gasteiger partial charge is 0.337 e. The van der Waals surface area contributed by atoms with Crippen LogP contribution in [0.5, 0.6) is 0 Å². The number of benzene rings is 1. The molecule has 19 heavy (non-hydrogen) atoms. The molecule has 0 heterocycles. The molecule has 0 bridgehead atoms. The van der Waals surface area contributed by atoms with Gasteiger partial charge in [-0.25, -0.2) is 14.0 Å². The first kappa shape index (κ1) is 14.9. The molecule has 1 unspecified atom stereocenters. The van der Waals surface area contributed by atoms with Gasteiger partial charge in [0.1, 0.15) is 5.82 Å². The number of nitrogens with one attached hydrogen (secondary N) is 1. The Hall–Kier alpha value is -2.15. The summed E-state index contributed by atoms with van der Waals surface area (Å²) >= 11 is 0. The fourth-order valence-corrected chi connectivity index (χ4v) is 1.33. The van der Waals surface area contributed by atoms with E-state index >= 15 is 0 Å². The summed E-state index contributed by atoms with van der Waals surface area (Å²) in [6.07, 6.45) is 0. The number of carbonyl (C=O) groups is 2. The lowest BCUT2D eigenvalue weighted by atomic mass is 10.1. The number of amides is 2. The monoisotopic (exact) mass is 270 g/mol. The van der Waals surface area contributed by atoms with Gasteiger partial charge in [0.25, 0.3) is 0 Å². The van der Waals surface area contributed by atoms with E-state index in [1.807, 2.05) is 0 Å². The van der Waals surface area contributed by atoms with Crippen LogP contribution in [0.2, 0.25) is 0 Å². The molecule has 0 aromatic heterocycles. The first-order valence-electron chi connectivity index (χ1n) is 5.54. The Morgan fingerprint density at radius 1 is 1.47 bits per heavy atom. The molecule has 0 fully saturated rings. The van der Waals surface area contributed by atoms with E-state index in [-0.39, 0.29) is 17.9 Å². The van der Waals surface area contributed by atoms with Gasteiger partial charge in [0.15, 0.2) is 0 Å². The Bertz CT molecular complexity index is 493. The maximum absolute atomic E-state index is 13.0. The summed E-state index contributed by atoms with van der Waals surface area (Å²) in [6.45, 7) is 1.40. The van der Waals surface area contributed by atoms with Crippen LogP contribution in [0.1, 0.15) is 17.3 Å². The molecule has 0 aliphatic carbocycles. The molecule has 7 heteroatoms. The number of carboxylic acids is 1. The number of nitrogens with zero attached hydrogens (tertiary/aromatic N) is 1. The van der Waals surface area contributed by atoms with Crippen molar-refractivity contribution in [2.75, 3.05) is 19.0 Å². The lowest BCUT2D eigenvalue weighted by Crippen LogP contribution is -2.40. The first-order chi connectivity index (χ1) is 8.86. The van der Waals surface area contributed by atoms with Crippen LogP contribution >= 0.6 is 0 Å². The van der Waals surface area contributed by atoms with Crippen molar-refractivity contribution in [1.82, 2.24) is 4.90 Å². The predicted octanol–water partition coefficient (Wildman–Crippen LogP) is 1.37. The lowest BCUT2D eigenvalue weighted by molar-refractivity contribution is 0.0697. The highest BCUT2D eigenvalue weighted by atomic mass is 19.1. The summed E-state index contributed by atoms with van der Waals surface area (Å²) in [5.41, 5.74) is -0.339. The minimum absolute atomic E-state index is 0.00381. The van der Waals surface area contributed by atoms with E-state index in [4.69, 9.17) is 10.2 Å². The minimum atomic E-state index is -1.34. The molecule has 1 aromatic carbocycles. The number of urea groups is 1. The average Bonchev–Trinajstić information content (AvgIpc) is 2.38. The fraction of sp³-hybridized carbons (Fsp3) is 0.333. The SMILES string of the molecule is CC(CO)N(C)C(=O)Nc1ccc(F)cc1C(=O)O. The summed E-state index contributed by atoms with van der Waals surface area (Å²) in [4.78, 5) is 24.0. The fourth-order valence-electron chi connectivity index (χ4n) is 1.33. The van der Waals surface area contributed by atoms with Crippen molar-refractivity contribution < 1.29 is 24.2 Å². The van der Waals surface area contributed by atoms with Gasteiger partial charge >= 0.3 is 12.0 Å². The van der Waals surface area contributed by atoms with Crippen LogP contribution < -0.4 is 5.32 Å². The van der Waals surface area contributed by atoms with Crippen molar-refractivity contribution in [3.8, 4) is 0 Å². The van der Waals surface area contributed by atoms with Crippen molar-refractivity contribution in [2.24, 2.45) is 0 Å². The van der Waals surface area contributed by atoms with Crippen molar-refractivity contribution in [2.45, 2.75) is 13.0 Å². The Balaban J connectivity index is 2.94. The van der Waals surface area contributed by atoms with Gasteiger partial charge in [0.05, 0.1) is 23.9 Å². The number of carbonyl (C=O) groups excluding carboxylic acids is 1. The van der Waals surface area contributed by atoms with E-state index in [0.717, 1.165) is 12.1 Å². The third kappa shape index (κ3) is 3.65. The Kier molecular flexibility index (Phi) is 4.82. The highest BCUT2D eigenvalue weighted by Gasteiger charge is 2.18. The third-order valence-electron chi connectivity index (χ3n) is 2.70. The Morgan fingerprint density at radius 3 is 2.63 bits per heavy atom. The van der Waals surface area contributed by atoms with Gasteiger partial charge in [0, 0.05) is 7.05 Å². The van der Waals surface area contributed by atoms with Gasteiger partial charge in [-0.2, -0.15) is 0 Å². The minimum Gasteiger partial charge on any atom is -0.478 e. The van der Waals surface area contributed by atoms with Crippen molar-refractivity contribution in [3.05, 3.63) is 29.6 Å². The molecule has 6 nitrogen and oxygen atoms in total. The van der Waals surface area contributed by atoms with E-state index in [0.29, 0.717) is 0 Å². The predicted molar refractivity (Wildman–Crippen MR) is 66.7 cm³/mol. The van der Waals surface area contributed by atoms with Crippen molar-refractivity contribution in [1.29, 1.82) is 0 Å². The number of carboxylic acid groups (broad SMARTS) is 1. The number of halogens is 1. The Labute approximate surface area is 109 Å². The molecule has 0 saturated heterocycles. The highest BCUT2D eigenvalue weighted by molar-refractivity contribution is 6.00. The first-order valence-corrected chi connectivity index (χ1v) is 5.54. The van der Waals surface area contributed by atoms with E-state index in [2.05, 4.69) is 5.32 Å². The summed E-state index contributed by atoms with van der Waals surface area (Å²) in [6, 6.07) is 2.04. The van der Waals surface area contributed by atoms with E-state index in [1.165, 1.54) is 18.0 Å². The maximum Gasteiger partial charge on any atom is 0.337 e. The zero-order chi connectivity index (χ0) is 14.6. The lowest BCUT2D eigenvalue weighted by Gasteiger charge is -2.23. The van der Waals surface area contributed by atoms with Crippen LogP contribution in [0.25, 0.3) is 0 Å². The van der Waals surface area contributed by atoms with Gasteiger partial charge in [-0.05, 0) is 25.1 Å². The number of aliphatic hydroxyl groups excluding tert-OH is 1. The molecule has 0 spiro atoms. The van der Waals surface area contributed by atoms with Gasteiger partial charge < -0.3 is 20.4 Å². The zero-order valence-corrected chi connectivity index (χ0v) is 10.6. The standard InChI is InChI=1S/C12H15FN2O4/c1-7(6-16)15(2)12(19)14-10-4-3-8(13)5-9(10)11(17)18/h3-5,7,16H,6H2,1-2H3,(H,14,19)(H,17,18). The van der Waals surface area contributed by atoms with Crippen LogP contribution in [0.4, 0.5) is 14.9 Å². The van der Waals surface area contributed by atoms with E-state index in [9.17, 15) is 14.0 Å². The molecular formula is C12H15FN2O4. The summed E-state index contributed by atoms with van der Waals surface area (Å²) in [5.74, 6) is -2.04. The largest absolute Gasteiger partial charge is 0.478 e. The molecule has 104 valence electrons. The molecule has 0 aliphatic heterocycles. The molecule has 3 N–H and O–H groups in total. The van der Waals surface area contributed by atoms with Gasteiger partial charge in [0.2, 0.25) is 0 Å². The number of likely N-dealkylation sites (N-methyl/N-ethyl adjacent to an activating group) is 1. The van der Waals surface area contributed by atoms with Crippen LogP contribution in [-0.2, 0) is 0 Å². The van der Waals surface area contributed by atoms with E-state index < -0.39 is 23.9 Å². The molecule has 2 amide bonds. The number of hydrogen-bond donors (Lipinski definition) is 3. The zero-order valence-electron chi connectivity index (χ0n) is 10.6.